The number of methoxy groups -OCH3 is 2. The van der Waals surface area contributed by atoms with Crippen LogP contribution in [0, 0.1) is 17.8 Å². The van der Waals surface area contributed by atoms with E-state index in [1.807, 2.05) is 30.3 Å². The van der Waals surface area contributed by atoms with Gasteiger partial charge in [-0.3, -0.25) is 15.0 Å². The first-order valence-corrected chi connectivity index (χ1v) is 16.4. The van der Waals surface area contributed by atoms with Crippen LogP contribution in [-0.4, -0.2) is 100 Å². The summed E-state index contributed by atoms with van der Waals surface area (Å²) < 4.78 is 15.8. The molecule has 4 N–H and O–H groups in total. The second-order valence-electron chi connectivity index (χ2n) is 12.5. The number of hydrogen-bond donors (Lipinski definition) is 4. The predicted octanol–water partition coefficient (Wildman–Crippen LogP) is 2.11. The molecule has 1 aromatic rings. The number of hydrazine groups is 1. The lowest BCUT2D eigenvalue weighted by Gasteiger charge is -2.36. The summed E-state index contributed by atoms with van der Waals surface area (Å²) in [5.74, 6) is -0.501. The van der Waals surface area contributed by atoms with Gasteiger partial charge < -0.3 is 29.7 Å². The van der Waals surface area contributed by atoms with E-state index in [2.05, 4.69) is 21.5 Å². The lowest BCUT2D eigenvalue weighted by Crippen LogP contribution is -2.60. The average Bonchev–Trinajstić information content (AvgIpc) is 3.06. The van der Waals surface area contributed by atoms with Gasteiger partial charge in [-0.15, -0.1) is 0 Å². The summed E-state index contributed by atoms with van der Waals surface area (Å²) in [4.78, 5) is 68.6. The van der Waals surface area contributed by atoms with Gasteiger partial charge in [0.2, 0.25) is 5.91 Å². The lowest BCUT2D eigenvalue weighted by atomic mass is 9.89. The number of hydroxylamine groups is 1. The molecule has 1 unspecified atom stereocenters. The number of alkyl carbamates (subject to hydrolysis) is 1. The molecule has 0 aliphatic heterocycles. The zero-order valence-electron chi connectivity index (χ0n) is 29.0. The zero-order valence-corrected chi connectivity index (χ0v) is 29.0. The Morgan fingerprint density at radius 2 is 1.65 bits per heavy atom. The maximum Gasteiger partial charge on any atom is 0.407 e. The first-order chi connectivity index (χ1) is 23.0. The summed E-state index contributed by atoms with van der Waals surface area (Å²) in [5.41, 5.74) is 6.48. The summed E-state index contributed by atoms with van der Waals surface area (Å²) in [6, 6.07) is 6.71. The van der Waals surface area contributed by atoms with Gasteiger partial charge in [0.05, 0.1) is 26.8 Å². The third kappa shape index (κ3) is 14.1. The van der Waals surface area contributed by atoms with Crippen LogP contribution in [0.25, 0.3) is 0 Å². The predicted molar refractivity (Wildman–Crippen MR) is 178 cm³/mol. The molecule has 0 radical (unpaired) electrons. The maximum atomic E-state index is 13.7. The Balaban J connectivity index is 2.53. The topological polar surface area (TPSA) is 174 Å². The Bertz CT molecular complexity index is 1190. The number of nitrogens with one attached hydrogen (secondary N) is 4. The van der Waals surface area contributed by atoms with Crippen molar-refractivity contribution in [3.05, 3.63) is 42.0 Å². The highest BCUT2D eigenvalue weighted by Crippen LogP contribution is 2.25. The van der Waals surface area contributed by atoms with E-state index in [1.54, 1.807) is 31.7 Å². The minimum Gasteiger partial charge on any atom is -0.457 e. The second-order valence-corrected chi connectivity index (χ2v) is 12.5. The highest BCUT2D eigenvalue weighted by atomic mass is 16.6. The van der Waals surface area contributed by atoms with Crippen molar-refractivity contribution >= 4 is 29.8 Å². The van der Waals surface area contributed by atoms with Crippen LogP contribution < -0.4 is 21.5 Å². The van der Waals surface area contributed by atoms with Gasteiger partial charge in [-0.05, 0) is 36.7 Å². The highest BCUT2D eigenvalue weighted by Gasteiger charge is 2.35. The number of rotatable bonds is 20. The molecule has 48 heavy (non-hydrogen) atoms. The van der Waals surface area contributed by atoms with E-state index < -0.39 is 54.0 Å². The molecule has 2 rings (SSSR count). The standard InChI is InChI=1S/C34H53N5O9/c1-23(2)30(36-34(44)46-5)32(42)35-27(19-25-13-9-7-10-14-25)28(48-29(41)22-45-4)21-39(20-26-15-11-8-12-16-26)37-33(43)31(38-47-6)24(3)17-18-40/h7,9-10,13-14,17,23-24,26-28,30-31,38H,8,11-12,15-16,19-22H2,1-6H3,(H,35,42)(H,36,44)(H,37,43)/t24?,27-,28-,30-,31-/m0/s1. The molecule has 1 aromatic carbocycles. The fourth-order valence-electron chi connectivity index (χ4n) is 5.72. The van der Waals surface area contributed by atoms with Crippen LogP contribution in [-0.2, 0) is 44.6 Å². The molecule has 0 spiro atoms. The van der Waals surface area contributed by atoms with Crippen molar-refractivity contribution in [3.8, 4) is 0 Å². The van der Waals surface area contributed by atoms with Crippen LogP contribution in [0.2, 0.25) is 0 Å². The smallest absolute Gasteiger partial charge is 0.407 e. The summed E-state index contributed by atoms with van der Waals surface area (Å²) in [5, 5.41) is 7.31. The Labute approximate surface area is 283 Å². The van der Waals surface area contributed by atoms with E-state index in [0.29, 0.717) is 6.54 Å². The zero-order chi connectivity index (χ0) is 35.5. The van der Waals surface area contributed by atoms with Gasteiger partial charge in [0.1, 0.15) is 30.7 Å². The van der Waals surface area contributed by atoms with Crippen molar-refractivity contribution in [2.45, 2.75) is 83.5 Å². The van der Waals surface area contributed by atoms with Crippen LogP contribution in [0.1, 0.15) is 58.4 Å². The number of carbonyl (C=O) groups excluding carboxylic acids is 5. The third-order valence-corrected chi connectivity index (χ3v) is 8.28. The normalized spacial score (nSPS) is 16.5. The van der Waals surface area contributed by atoms with Gasteiger partial charge in [-0.2, -0.15) is 5.48 Å². The molecule has 3 amide bonds. The minimum atomic E-state index is -0.979. The quantitative estimate of drug-likeness (QED) is 0.0906. The summed E-state index contributed by atoms with van der Waals surface area (Å²) >= 11 is 0. The van der Waals surface area contributed by atoms with Gasteiger partial charge in [0.25, 0.3) is 5.91 Å². The monoisotopic (exact) mass is 675 g/mol. The number of amides is 3. The van der Waals surface area contributed by atoms with Gasteiger partial charge >= 0.3 is 12.1 Å². The number of hydrogen-bond acceptors (Lipinski definition) is 11. The summed E-state index contributed by atoms with van der Waals surface area (Å²) in [6.07, 6.45) is 4.94. The van der Waals surface area contributed by atoms with Crippen molar-refractivity contribution in [2.75, 3.05) is 41.0 Å². The van der Waals surface area contributed by atoms with Gasteiger partial charge in [0, 0.05) is 25.6 Å². The second kappa shape index (κ2) is 21.9. The van der Waals surface area contributed by atoms with Crippen molar-refractivity contribution in [2.24, 2.45) is 17.8 Å². The molecule has 0 bridgehead atoms. The fourth-order valence-corrected chi connectivity index (χ4v) is 5.72. The van der Waals surface area contributed by atoms with Crippen LogP contribution >= 0.6 is 0 Å². The van der Waals surface area contributed by atoms with E-state index in [1.165, 1.54) is 27.4 Å². The number of esters is 1. The number of nitrogens with zero attached hydrogens (tertiary/aromatic N) is 1. The van der Waals surface area contributed by atoms with E-state index in [0.717, 1.165) is 37.7 Å². The Morgan fingerprint density at radius 3 is 2.23 bits per heavy atom. The van der Waals surface area contributed by atoms with Gasteiger partial charge in [-0.25, -0.2) is 19.4 Å². The molecular weight excluding hydrogens is 622 g/mol. The van der Waals surface area contributed by atoms with Crippen molar-refractivity contribution < 1.29 is 43.0 Å². The molecule has 14 heteroatoms. The van der Waals surface area contributed by atoms with Crippen LogP contribution in [0.3, 0.4) is 0 Å². The Morgan fingerprint density at radius 1 is 0.958 bits per heavy atom. The van der Waals surface area contributed by atoms with Crippen molar-refractivity contribution in [1.82, 2.24) is 26.5 Å². The Hall–Kier alpha value is -3.81. The molecule has 0 saturated heterocycles. The largest absolute Gasteiger partial charge is 0.457 e. The molecule has 1 aliphatic rings. The van der Waals surface area contributed by atoms with Gasteiger partial charge in [0.15, 0.2) is 0 Å². The molecule has 5 atom stereocenters. The molecule has 1 saturated carbocycles. The molecular formula is C34H53N5O9. The number of ether oxygens (including phenoxy) is 3. The number of carbonyl (C=O) groups is 4. The first-order valence-electron chi connectivity index (χ1n) is 16.4. The molecule has 268 valence electrons. The van der Waals surface area contributed by atoms with Crippen LogP contribution in [0.5, 0.6) is 0 Å². The highest BCUT2D eigenvalue weighted by molar-refractivity contribution is 5.86. The third-order valence-electron chi connectivity index (χ3n) is 8.28. The summed E-state index contributed by atoms with van der Waals surface area (Å²) in [7, 11) is 3.96. The lowest BCUT2D eigenvalue weighted by molar-refractivity contribution is -0.158. The minimum absolute atomic E-state index is 0.00382. The molecule has 0 heterocycles. The average molecular weight is 676 g/mol. The van der Waals surface area contributed by atoms with Crippen molar-refractivity contribution in [3.63, 3.8) is 0 Å². The maximum absolute atomic E-state index is 13.7. The first kappa shape index (κ1) is 40.4. The molecule has 1 fully saturated rings. The summed E-state index contributed by atoms with van der Waals surface area (Å²) in [6.45, 7) is 5.38. The van der Waals surface area contributed by atoms with E-state index in [4.69, 9.17) is 19.0 Å². The van der Waals surface area contributed by atoms with Crippen LogP contribution in [0.4, 0.5) is 4.79 Å². The fraction of sp³-hybridized carbons (Fsp3) is 0.647. The van der Waals surface area contributed by atoms with Crippen LogP contribution in [0.15, 0.2) is 36.4 Å². The molecule has 1 aliphatic carbocycles. The number of benzene rings is 1. The molecule has 0 aromatic heterocycles. The van der Waals surface area contributed by atoms with E-state index >= 15 is 0 Å². The Kier molecular flexibility index (Phi) is 18.5. The van der Waals surface area contributed by atoms with E-state index in [9.17, 15) is 24.0 Å². The van der Waals surface area contributed by atoms with Gasteiger partial charge in [-0.1, -0.05) is 70.4 Å². The SMILES string of the molecule is COCC(=O)O[C@@H](CN(CC1CCCCC1)NC(=O)[C@@H](NOC)C(C)C=C=O)[C@H](Cc1ccccc1)NC(=O)[C@@H](NC(=O)OC)C(C)C. The van der Waals surface area contributed by atoms with E-state index in [-0.39, 0.29) is 31.4 Å². The molecule has 14 nitrogen and oxygen atoms in total. The van der Waals surface area contributed by atoms with Crippen molar-refractivity contribution in [1.29, 1.82) is 0 Å².